The molecule has 0 aromatic heterocycles. The Morgan fingerprint density at radius 3 is 2.50 bits per heavy atom. The minimum absolute atomic E-state index is 0.0864. The van der Waals surface area contributed by atoms with E-state index < -0.39 is 22.5 Å². The molecule has 32 heavy (non-hydrogen) atoms. The Bertz CT molecular complexity index is 1310. The second kappa shape index (κ2) is 8.41. The molecule has 1 N–H and O–H groups in total. The standard InChI is InChI=1S/C22H13Cl2N3O5/c23-17-6-4-12(8-18(17)24)11-26-19-7-5-14(10-16(19)20(28)22(26)30)25-21(29)13-2-1-3-15(9-13)27(31)32/h1-10H,11H2,(H,25,29). The van der Waals surface area contributed by atoms with Crippen molar-refractivity contribution in [3.63, 3.8) is 0 Å². The van der Waals surface area contributed by atoms with Crippen molar-refractivity contribution in [3.05, 3.63) is 97.5 Å². The number of carbonyl (C=O) groups is 3. The van der Waals surface area contributed by atoms with E-state index in [-0.39, 0.29) is 29.0 Å². The van der Waals surface area contributed by atoms with Gasteiger partial charge in [0, 0.05) is 23.4 Å². The van der Waals surface area contributed by atoms with Gasteiger partial charge in [-0.15, -0.1) is 0 Å². The van der Waals surface area contributed by atoms with Gasteiger partial charge in [-0.2, -0.15) is 0 Å². The fraction of sp³-hybridized carbons (Fsp3) is 0.0455. The summed E-state index contributed by atoms with van der Waals surface area (Å²) in [5.74, 6) is -1.99. The highest BCUT2D eigenvalue weighted by molar-refractivity contribution is 6.52. The van der Waals surface area contributed by atoms with E-state index in [4.69, 9.17) is 23.2 Å². The predicted molar refractivity (Wildman–Crippen MR) is 119 cm³/mol. The maximum atomic E-state index is 12.5. The summed E-state index contributed by atoms with van der Waals surface area (Å²) in [6, 6.07) is 14.7. The van der Waals surface area contributed by atoms with Gasteiger partial charge in [0.1, 0.15) is 0 Å². The number of rotatable bonds is 5. The van der Waals surface area contributed by atoms with Gasteiger partial charge in [-0.1, -0.05) is 35.3 Å². The van der Waals surface area contributed by atoms with E-state index in [1.165, 1.54) is 29.2 Å². The molecule has 0 aliphatic carbocycles. The molecule has 3 aromatic rings. The van der Waals surface area contributed by atoms with Crippen LogP contribution in [0.5, 0.6) is 0 Å². The van der Waals surface area contributed by atoms with Crippen molar-refractivity contribution < 1.29 is 19.3 Å². The molecule has 3 aromatic carbocycles. The lowest BCUT2D eigenvalue weighted by atomic mass is 10.1. The van der Waals surface area contributed by atoms with E-state index >= 15 is 0 Å². The van der Waals surface area contributed by atoms with Crippen LogP contribution in [-0.2, 0) is 11.3 Å². The summed E-state index contributed by atoms with van der Waals surface area (Å²) in [6.07, 6.45) is 0. The molecule has 1 aliphatic rings. The van der Waals surface area contributed by atoms with Crippen LogP contribution < -0.4 is 10.2 Å². The van der Waals surface area contributed by atoms with Gasteiger partial charge in [0.2, 0.25) is 0 Å². The summed E-state index contributed by atoms with van der Waals surface area (Å²) >= 11 is 12.0. The summed E-state index contributed by atoms with van der Waals surface area (Å²) in [5, 5.41) is 14.2. The Hall–Kier alpha value is -3.75. The number of halogens is 2. The first-order chi connectivity index (χ1) is 15.2. The van der Waals surface area contributed by atoms with Crippen molar-refractivity contribution in [2.75, 3.05) is 10.2 Å². The number of fused-ring (bicyclic) bond motifs is 1. The van der Waals surface area contributed by atoms with Gasteiger partial charge in [-0.25, -0.2) is 0 Å². The van der Waals surface area contributed by atoms with Crippen molar-refractivity contribution in [3.8, 4) is 0 Å². The number of nitro benzene ring substituents is 1. The molecule has 0 radical (unpaired) electrons. The number of nitrogens with one attached hydrogen (secondary N) is 1. The Morgan fingerprint density at radius 1 is 1.00 bits per heavy atom. The zero-order chi connectivity index (χ0) is 23.0. The second-order valence-electron chi connectivity index (χ2n) is 6.96. The lowest BCUT2D eigenvalue weighted by Gasteiger charge is -2.17. The molecule has 0 bridgehead atoms. The van der Waals surface area contributed by atoms with Gasteiger partial charge < -0.3 is 10.2 Å². The molecule has 8 nitrogen and oxygen atoms in total. The Balaban J connectivity index is 1.58. The third-order valence-electron chi connectivity index (χ3n) is 4.87. The molecule has 10 heteroatoms. The molecule has 0 spiro atoms. The van der Waals surface area contributed by atoms with Crippen LogP contribution in [-0.4, -0.2) is 22.5 Å². The van der Waals surface area contributed by atoms with E-state index in [0.717, 1.165) is 6.07 Å². The number of anilines is 2. The van der Waals surface area contributed by atoms with Gasteiger partial charge in [-0.3, -0.25) is 24.5 Å². The van der Waals surface area contributed by atoms with Gasteiger partial charge in [0.25, 0.3) is 23.3 Å². The molecule has 0 fully saturated rings. The normalized spacial score (nSPS) is 12.6. The average Bonchev–Trinajstić information content (AvgIpc) is 3.01. The second-order valence-corrected chi connectivity index (χ2v) is 7.78. The fourth-order valence-electron chi connectivity index (χ4n) is 3.32. The molecule has 0 atom stereocenters. The smallest absolute Gasteiger partial charge is 0.299 e. The van der Waals surface area contributed by atoms with E-state index in [1.54, 1.807) is 30.3 Å². The topological polar surface area (TPSA) is 110 Å². The first-order valence-corrected chi connectivity index (χ1v) is 10.00. The summed E-state index contributed by atoms with van der Waals surface area (Å²) in [4.78, 5) is 49.2. The highest BCUT2D eigenvalue weighted by Crippen LogP contribution is 2.33. The van der Waals surface area contributed by atoms with Crippen molar-refractivity contribution in [2.45, 2.75) is 6.54 Å². The molecule has 1 aliphatic heterocycles. The molecular weight excluding hydrogens is 457 g/mol. The first-order valence-electron chi connectivity index (χ1n) is 9.24. The number of non-ortho nitro benzene ring substituents is 1. The minimum atomic E-state index is -0.702. The number of nitro groups is 1. The molecule has 0 saturated carbocycles. The molecule has 2 amide bonds. The average molecular weight is 470 g/mol. The van der Waals surface area contributed by atoms with Crippen molar-refractivity contribution in [2.24, 2.45) is 0 Å². The number of nitrogens with zero attached hydrogens (tertiary/aromatic N) is 2. The summed E-state index contributed by atoms with van der Waals surface area (Å²) < 4.78 is 0. The van der Waals surface area contributed by atoms with Crippen LogP contribution in [0, 0.1) is 10.1 Å². The minimum Gasteiger partial charge on any atom is -0.322 e. The largest absolute Gasteiger partial charge is 0.322 e. The van der Waals surface area contributed by atoms with Crippen LogP contribution in [0.25, 0.3) is 0 Å². The monoisotopic (exact) mass is 469 g/mol. The molecule has 4 rings (SSSR count). The van der Waals surface area contributed by atoms with Crippen LogP contribution in [0.1, 0.15) is 26.3 Å². The van der Waals surface area contributed by atoms with Gasteiger partial charge >= 0.3 is 0 Å². The van der Waals surface area contributed by atoms with Crippen LogP contribution in [0.3, 0.4) is 0 Å². The van der Waals surface area contributed by atoms with Crippen LogP contribution in [0.15, 0.2) is 60.7 Å². The molecule has 0 saturated heterocycles. The lowest BCUT2D eigenvalue weighted by Crippen LogP contribution is -2.29. The van der Waals surface area contributed by atoms with E-state index in [0.29, 0.717) is 21.3 Å². The molecular formula is C22H13Cl2N3O5. The number of Topliss-reactive ketones (excluding diaryl/α,β-unsaturated/α-hetero) is 1. The number of hydrogen-bond donors (Lipinski definition) is 1. The number of benzene rings is 3. The Morgan fingerprint density at radius 2 is 1.78 bits per heavy atom. The number of hydrogen-bond acceptors (Lipinski definition) is 5. The zero-order valence-corrected chi connectivity index (χ0v) is 17.7. The maximum absolute atomic E-state index is 12.5. The van der Waals surface area contributed by atoms with Crippen LogP contribution in [0.4, 0.5) is 17.1 Å². The summed E-state index contributed by atoms with van der Waals surface area (Å²) in [6.45, 7) is 0.119. The van der Waals surface area contributed by atoms with Gasteiger partial charge in [0.05, 0.1) is 32.8 Å². The molecule has 160 valence electrons. The number of carbonyl (C=O) groups excluding carboxylic acids is 3. The zero-order valence-electron chi connectivity index (χ0n) is 16.2. The third kappa shape index (κ3) is 4.05. The van der Waals surface area contributed by atoms with E-state index in [9.17, 15) is 24.5 Å². The van der Waals surface area contributed by atoms with Crippen molar-refractivity contribution in [1.82, 2.24) is 0 Å². The number of ketones is 1. The van der Waals surface area contributed by atoms with E-state index in [2.05, 4.69) is 5.32 Å². The number of amides is 2. The highest BCUT2D eigenvalue weighted by Gasteiger charge is 2.36. The van der Waals surface area contributed by atoms with Crippen molar-refractivity contribution in [1.29, 1.82) is 0 Å². The lowest BCUT2D eigenvalue weighted by molar-refractivity contribution is -0.384. The Kier molecular flexibility index (Phi) is 5.65. The summed E-state index contributed by atoms with van der Waals surface area (Å²) in [7, 11) is 0. The first kappa shape index (κ1) is 21.5. The van der Waals surface area contributed by atoms with Gasteiger partial charge in [-0.05, 0) is 42.0 Å². The predicted octanol–water partition coefficient (Wildman–Crippen LogP) is 4.88. The Labute approximate surface area is 191 Å². The SMILES string of the molecule is O=C(Nc1ccc2c(c1)C(=O)C(=O)N2Cc1ccc(Cl)c(Cl)c1)c1cccc([N+](=O)[O-])c1. The highest BCUT2D eigenvalue weighted by atomic mass is 35.5. The van der Waals surface area contributed by atoms with Gasteiger partial charge in [0.15, 0.2) is 0 Å². The van der Waals surface area contributed by atoms with Crippen LogP contribution in [0.2, 0.25) is 10.0 Å². The maximum Gasteiger partial charge on any atom is 0.299 e. The molecule has 1 heterocycles. The fourth-order valence-corrected chi connectivity index (χ4v) is 3.64. The summed E-state index contributed by atoms with van der Waals surface area (Å²) in [5.41, 5.74) is 1.38. The van der Waals surface area contributed by atoms with Crippen molar-refractivity contribution >= 4 is 57.9 Å². The van der Waals surface area contributed by atoms with E-state index in [1.807, 2.05) is 0 Å². The quantitative estimate of drug-likeness (QED) is 0.325. The third-order valence-corrected chi connectivity index (χ3v) is 5.61. The molecule has 0 unspecified atom stereocenters. The van der Waals surface area contributed by atoms with Crippen LogP contribution >= 0.6 is 23.2 Å².